The third-order valence-corrected chi connectivity index (χ3v) is 6.77. The van der Waals surface area contributed by atoms with E-state index < -0.39 is 17.8 Å². The average Bonchev–Trinajstić information content (AvgIpc) is 2.89. The van der Waals surface area contributed by atoms with Crippen LogP contribution in [0, 0.1) is 6.92 Å². The fourth-order valence-electron chi connectivity index (χ4n) is 4.16. The van der Waals surface area contributed by atoms with Crippen molar-refractivity contribution in [1.29, 1.82) is 0 Å². The van der Waals surface area contributed by atoms with Crippen molar-refractivity contribution in [3.63, 3.8) is 0 Å². The number of likely N-dealkylation sites (N-methyl/N-ethyl adjacent to an activating group) is 1. The van der Waals surface area contributed by atoms with Gasteiger partial charge in [0.15, 0.2) is 0 Å². The first kappa shape index (κ1) is 26.7. The number of nitrogens with one attached hydrogen (secondary N) is 1. The quantitative estimate of drug-likeness (QED) is 0.467. The molecule has 0 aliphatic carbocycles. The first-order chi connectivity index (χ1) is 17.6. The molecule has 0 saturated carbocycles. The third-order valence-electron chi connectivity index (χ3n) is 6.29. The molecule has 1 fully saturated rings. The number of fused-ring (bicyclic) bond motifs is 1. The summed E-state index contributed by atoms with van der Waals surface area (Å²) in [5, 5.41) is 3.96. The van der Waals surface area contributed by atoms with Crippen LogP contribution in [0.1, 0.15) is 21.5 Å². The number of carbonyl (C=O) groups is 2. The molecule has 0 radical (unpaired) electrons. The van der Waals surface area contributed by atoms with E-state index in [1.807, 2.05) is 0 Å². The van der Waals surface area contributed by atoms with E-state index in [1.165, 1.54) is 12.1 Å². The second kappa shape index (κ2) is 10.9. The molecule has 1 saturated heterocycles. The van der Waals surface area contributed by atoms with Gasteiger partial charge in [-0.1, -0.05) is 29.8 Å². The molecule has 1 aliphatic heterocycles. The highest BCUT2D eigenvalue weighted by atomic mass is 35.5. The predicted molar refractivity (Wildman–Crippen MR) is 135 cm³/mol. The van der Waals surface area contributed by atoms with Gasteiger partial charge in [0.05, 0.1) is 21.8 Å². The number of halogens is 4. The van der Waals surface area contributed by atoms with Gasteiger partial charge in [0, 0.05) is 49.2 Å². The van der Waals surface area contributed by atoms with Crippen LogP contribution in [0.5, 0.6) is 0 Å². The monoisotopic (exact) mass is 534 g/mol. The number of amides is 2. The molecule has 11 heteroatoms. The Morgan fingerprint density at radius 1 is 1.05 bits per heavy atom. The van der Waals surface area contributed by atoms with Crippen LogP contribution in [0.4, 0.5) is 18.0 Å². The summed E-state index contributed by atoms with van der Waals surface area (Å²) in [5.74, 6) is -0.209. The highest BCUT2D eigenvalue weighted by molar-refractivity contribution is 6.36. The number of nitrogens with zero attached hydrogens (tertiary/aromatic N) is 3. The van der Waals surface area contributed by atoms with E-state index in [9.17, 15) is 22.8 Å². The second-order valence-corrected chi connectivity index (χ2v) is 9.08. The van der Waals surface area contributed by atoms with Gasteiger partial charge in [0.1, 0.15) is 6.61 Å². The van der Waals surface area contributed by atoms with E-state index in [0.717, 1.165) is 12.1 Å². The normalized spacial score (nSPS) is 14.2. The number of ether oxygens (including phenoxy) is 1. The average molecular weight is 535 g/mol. The minimum atomic E-state index is -4.43. The highest BCUT2D eigenvalue weighted by Crippen LogP contribution is 2.35. The van der Waals surface area contributed by atoms with Crippen molar-refractivity contribution in [3.05, 3.63) is 64.2 Å². The Bertz CT molecular complexity index is 1310. The fraction of sp³-hybridized carbons (Fsp3) is 0.346. The maximum atomic E-state index is 13.2. The molecule has 0 spiro atoms. The molecule has 2 aromatic carbocycles. The van der Waals surface area contributed by atoms with Gasteiger partial charge >= 0.3 is 12.3 Å². The largest absolute Gasteiger partial charge is 0.448 e. The Balaban J connectivity index is 1.54. The van der Waals surface area contributed by atoms with Crippen LogP contribution in [-0.4, -0.2) is 73.2 Å². The van der Waals surface area contributed by atoms with Crippen LogP contribution >= 0.6 is 11.6 Å². The summed E-state index contributed by atoms with van der Waals surface area (Å²) >= 11 is 6.59. The molecule has 1 aliphatic rings. The zero-order chi connectivity index (χ0) is 26.7. The van der Waals surface area contributed by atoms with E-state index >= 15 is 0 Å². The molecule has 0 bridgehead atoms. The Kier molecular flexibility index (Phi) is 7.89. The number of pyridine rings is 1. The van der Waals surface area contributed by atoms with Crippen molar-refractivity contribution in [2.45, 2.75) is 13.1 Å². The van der Waals surface area contributed by atoms with Gasteiger partial charge in [-0.05, 0) is 43.8 Å². The summed E-state index contributed by atoms with van der Waals surface area (Å²) in [5.41, 5.74) is 1.68. The maximum Gasteiger partial charge on any atom is 0.416 e. The highest BCUT2D eigenvalue weighted by Gasteiger charge is 2.30. The lowest BCUT2D eigenvalue weighted by atomic mass is 10.0. The van der Waals surface area contributed by atoms with E-state index in [-0.39, 0.29) is 12.5 Å². The number of carbonyl (C=O) groups excluding carboxylic acids is 2. The summed E-state index contributed by atoms with van der Waals surface area (Å²) in [7, 11) is 1.77. The minimum Gasteiger partial charge on any atom is -0.448 e. The van der Waals surface area contributed by atoms with Gasteiger partial charge in [-0.15, -0.1) is 0 Å². The first-order valence-corrected chi connectivity index (χ1v) is 12.1. The number of piperazine rings is 1. The molecular formula is C26H26ClF3N4O3. The van der Waals surface area contributed by atoms with Crippen molar-refractivity contribution >= 4 is 34.5 Å². The van der Waals surface area contributed by atoms with Crippen molar-refractivity contribution in [2.75, 3.05) is 46.4 Å². The van der Waals surface area contributed by atoms with Crippen molar-refractivity contribution < 1.29 is 27.5 Å². The van der Waals surface area contributed by atoms with E-state index in [1.54, 1.807) is 42.0 Å². The summed E-state index contributed by atoms with van der Waals surface area (Å²) < 4.78 is 44.1. The molecule has 7 nitrogen and oxygen atoms in total. The Labute approximate surface area is 217 Å². The number of alkyl halides is 3. The number of hydrogen-bond donors (Lipinski definition) is 1. The van der Waals surface area contributed by atoms with Crippen LogP contribution < -0.4 is 5.32 Å². The lowest BCUT2D eigenvalue weighted by Crippen LogP contribution is -2.50. The lowest BCUT2D eigenvalue weighted by molar-refractivity contribution is -0.137. The van der Waals surface area contributed by atoms with Gasteiger partial charge in [0.25, 0.3) is 5.91 Å². The molecule has 0 unspecified atom stereocenters. The van der Waals surface area contributed by atoms with Gasteiger partial charge in [-0.3, -0.25) is 4.79 Å². The Hall–Kier alpha value is -3.37. The Morgan fingerprint density at radius 3 is 2.32 bits per heavy atom. The van der Waals surface area contributed by atoms with Crippen LogP contribution in [-0.2, 0) is 10.9 Å². The zero-order valence-electron chi connectivity index (χ0n) is 20.4. The molecule has 37 heavy (non-hydrogen) atoms. The summed E-state index contributed by atoms with van der Waals surface area (Å²) in [6.07, 6.45) is -4.84. The van der Waals surface area contributed by atoms with E-state index in [4.69, 9.17) is 16.3 Å². The van der Waals surface area contributed by atoms with Crippen molar-refractivity contribution in [2.24, 2.45) is 0 Å². The van der Waals surface area contributed by atoms with Gasteiger partial charge in [0.2, 0.25) is 0 Å². The van der Waals surface area contributed by atoms with Crippen LogP contribution in [0.25, 0.3) is 22.2 Å². The number of rotatable bonds is 5. The summed E-state index contributed by atoms with van der Waals surface area (Å²) in [4.78, 5) is 33.2. The van der Waals surface area contributed by atoms with Crippen LogP contribution in [0.15, 0.2) is 42.5 Å². The number of aromatic nitrogens is 1. The molecule has 2 heterocycles. The van der Waals surface area contributed by atoms with E-state index in [0.29, 0.717) is 71.0 Å². The van der Waals surface area contributed by atoms with Crippen molar-refractivity contribution in [1.82, 2.24) is 20.1 Å². The van der Waals surface area contributed by atoms with Gasteiger partial charge in [-0.25, -0.2) is 9.78 Å². The molecule has 1 aromatic heterocycles. The first-order valence-electron chi connectivity index (χ1n) is 11.7. The SMILES string of the molecule is CNCCOC(=O)N1CCN(C(=O)c2ccc3c(Cl)c(C)c(-c4ccc(C(F)(F)F)cc4)nc3c2)CC1. The fourth-order valence-corrected chi connectivity index (χ4v) is 4.41. The molecule has 1 N–H and O–H groups in total. The van der Waals surface area contributed by atoms with Gasteiger partial charge < -0.3 is 19.9 Å². The number of hydrogen-bond acceptors (Lipinski definition) is 5. The number of benzene rings is 2. The Morgan fingerprint density at radius 2 is 1.70 bits per heavy atom. The van der Waals surface area contributed by atoms with Crippen molar-refractivity contribution in [3.8, 4) is 11.3 Å². The standard InChI is InChI=1S/C26H26ClF3N4O3/c1-16-22(27)20-8-5-18(24(35)33-10-12-34(13-11-33)25(36)37-14-9-31-2)15-21(20)32-23(16)17-3-6-19(7-4-17)26(28,29)30/h3-8,15,31H,9-14H2,1-2H3. The lowest BCUT2D eigenvalue weighted by Gasteiger charge is -2.34. The topological polar surface area (TPSA) is 74.8 Å². The smallest absolute Gasteiger partial charge is 0.416 e. The second-order valence-electron chi connectivity index (χ2n) is 8.70. The molecule has 0 atom stereocenters. The maximum absolute atomic E-state index is 13.2. The summed E-state index contributed by atoms with van der Waals surface area (Å²) in [6.45, 7) is 4.02. The van der Waals surface area contributed by atoms with Gasteiger partial charge in [-0.2, -0.15) is 13.2 Å². The minimum absolute atomic E-state index is 0.209. The zero-order valence-corrected chi connectivity index (χ0v) is 21.1. The molecule has 4 rings (SSSR count). The summed E-state index contributed by atoms with van der Waals surface area (Å²) in [6, 6.07) is 9.76. The van der Waals surface area contributed by atoms with E-state index in [2.05, 4.69) is 10.3 Å². The molecule has 2 amide bonds. The predicted octanol–water partition coefficient (Wildman–Crippen LogP) is 5.00. The molecule has 196 valence electrons. The molecular weight excluding hydrogens is 509 g/mol. The molecule has 3 aromatic rings. The van der Waals surface area contributed by atoms with Crippen LogP contribution in [0.3, 0.4) is 0 Å². The van der Waals surface area contributed by atoms with Crippen LogP contribution in [0.2, 0.25) is 5.02 Å². The third kappa shape index (κ3) is 5.80.